The van der Waals surface area contributed by atoms with Gasteiger partial charge in [-0.1, -0.05) is 29.8 Å². The van der Waals surface area contributed by atoms with E-state index in [-0.39, 0.29) is 11.5 Å². The van der Waals surface area contributed by atoms with Crippen LogP contribution in [0.2, 0.25) is 5.02 Å². The molecular formula is C17H13ClN2O2. The molecule has 1 amide bonds. The molecule has 1 heterocycles. The summed E-state index contributed by atoms with van der Waals surface area (Å²) >= 11 is 6.01. The molecule has 3 rings (SSSR count). The van der Waals surface area contributed by atoms with Crippen LogP contribution < -0.4 is 10.9 Å². The lowest BCUT2D eigenvalue weighted by molar-refractivity contribution is 0.102. The average molecular weight is 313 g/mol. The standard InChI is InChI=1S/C17H13ClN2O2/c1-10-8-16(21)20-15-9-11(6-7-12(10)15)19-17(22)13-4-2-3-5-14(13)18/h2-9H,1H3,(H,19,22)(H,20,21). The zero-order valence-electron chi connectivity index (χ0n) is 11.8. The van der Waals surface area contributed by atoms with E-state index >= 15 is 0 Å². The van der Waals surface area contributed by atoms with E-state index in [4.69, 9.17) is 11.6 Å². The summed E-state index contributed by atoms with van der Waals surface area (Å²) in [4.78, 5) is 26.5. The average Bonchev–Trinajstić information content (AvgIpc) is 2.47. The van der Waals surface area contributed by atoms with Crippen molar-refractivity contribution in [1.82, 2.24) is 4.98 Å². The van der Waals surface area contributed by atoms with E-state index in [1.807, 2.05) is 13.0 Å². The van der Waals surface area contributed by atoms with Crippen molar-refractivity contribution < 1.29 is 4.79 Å². The van der Waals surface area contributed by atoms with Crippen LogP contribution in [0.15, 0.2) is 53.3 Å². The molecule has 5 heteroatoms. The minimum absolute atomic E-state index is 0.167. The number of benzene rings is 2. The Morgan fingerprint density at radius 1 is 1.14 bits per heavy atom. The summed E-state index contributed by atoms with van der Waals surface area (Å²) in [6.45, 7) is 1.87. The first-order valence-electron chi connectivity index (χ1n) is 6.74. The fourth-order valence-corrected chi connectivity index (χ4v) is 2.58. The summed E-state index contributed by atoms with van der Waals surface area (Å²) in [7, 11) is 0. The lowest BCUT2D eigenvalue weighted by Crippen LogP contribution is -2.12. The minimum Gasteiger partial charge on any atom is -0.322 e. The zero-order chi connectivity index (χ0) is 15.7. The molecule has 0 atom stereocenters. The number of aromatic nitrogens is 1. The van der Waals surface area contributed by atoms with Crippen LogP contribution in [0, 0.1) is 6.92 Å². The van der Waals surface area contributed by atoms with E-state index in [0.717, 1.165) is 10.9 Å². The van der Waals surface area contributed by atoms with Gasteiger partial charge >= 0.3 is 0 Å². The molecule has 22 heavy (non-hydrogen) atoms. The van der Waals surface area contributed by atoms with Gasteiger partial charge in [0, 0.05) is 17.1 Å². The third-order valence-corrected chi connectivity index (χ3v) is 3.76. The number of halogens is 1. The third-order valence-electron chi connectivity index (χ3n) is 3.43. The molecule has 0 bridgehead atoms. The second-order valence-electron chi connectivity index (χ2n) is 5.01. The van der Waals surface area contributed by atoms with E-state index in [9.17, 15) is 9.59 Å². The summed E-state index contributed by atoms with van der Waals surface area (Å²) in [6.07, 6.45) is 0. The number of H-pyrrole nitrogens is 1. The maximum Gasteiger partial charge on any atom is 0.257 e. The number of anilines is 1. The van der Waals surface area contributed by atoms with Crippen molar-refractivity contribution in [2.45, 2.75) is 6.92 Å². The summed E-state index contributed by atoms with van der Waals surface area (Å²) < 4.78 is 0. The number of nitrogens with one attached hydrogen (secondary N) is 2. The molecule has 0 fully saturated rings. The molecule has 0 spiro atoms. The number of amides is 1. The first-order valence-corrected chi connectivity index (χ1v) is 7.12. The normalized spacial score (nSPS) is 10.6. The molecule has 0 aliphatic heterocycles. The summed E-state index contributed by atoms with van der Waals surface area (Å²) in [5, 5.41) is 4.12. The molecule has 1 aromatic heterocycles. The Hall–Kier alpha value is -2.59. The van der Waals surface area contributed by atoms with Crippen molar-refractivity contribution in [3.8, 4) is 0 Å². The lowest BCUT2D eigenvalue weighted by atomic mass is 10.1. The molecule has 0 saturated carbocycles. The Balaban J connectivity index is 1.96. The van der Waals surface area contributed by atoms with Gasteiger partial charge in [-0.2, -0.15) is 0 Å². The second kappa shape index (κ2) is 5.66. The predicted molar refractivity (Wildman–Crippen MR) is 88.7 cm³/mol. The van der Waals surface area contributed by atoms with Crippen molar-refractivity contribution in [3.63, 3.8) is 0 Å². The molecule has 2 aromatic carbocycles. The minimum atomic E-state index is -0.292. The quantitative estimate of drug-likeness (QED) is 0.757. The van der Waals surface area contributed by atoms with E-state index < -0.39 is 0 Å². The molecule has 0 aliphatic rings. The van der Waals surface area contributed by atoms with Gasteiger partial charge in [-0.05, 0) is 36.8 Å². The number of aryl methyl sites for hydroxylation is 1. The molecule has 3 aromatic rings. The van der Waals surface area contributed by atoms with Gasteiger partial charge in [0.15, 0.2) is 0 Å². The van der Waals surface area contributed by atoms with Gasteiger partial charge in [0.1, 0.15) is 0 Å². The van der Waals surface area contributed by atoms with Crippen LogP contribution in [0.25, 0.3) is 10.9 Å². The highest BCUT2D eigenvalue weighted by molar-refractivity contribution is 6.34. The summed E-state index contributed by atoms with van der Waals surface area (Å²) in [6, 6.07) is 13.8. The van der Waals surface area contributed by atoms with Crippen LogP contribution in [0.1, 0.15) is 15.9 Å². The van der Waals surface area contributed by atoms with E-state index in [1.54, 1.807) is 42.5 Å². The Morgan fingerprint density at radius 2 is 1.91 bits per heavy atom. The number of pyridine rings is 1. The Bertz CT molecular complexity index is 931. The molecule has 110 valence electrons. The lowest BCUT2D eigenvalue weighted by Gasteiger charge is -2.08. The molecule has 0 saturated heterocycles. The van der Waals surface area contributed by atoms with Gasteiger partial charge < -0.3 is 10.3 Å². The topological polar surface area (TPSA) is 62.0 Å². The molecular weight excluding hydrogens is 300 g/mol. The number of aromatic amines is 1. The number of hydrogen-bond donors (Lipinski definition) is 2. The summed E-state index contributed by atoms with van der Waals surface area (Å²) in [5.41, 5.74) is 2.41. The predicted octanol–water partition coefficient (Wildman–Crippen LogP) is 3.74. The number of hydrogen-bond acceptors (Lipinski definition) is 2. The van der Waals surface area contributed by atoms with Crippen molar-refractivity contribution >= 4 is 34.1 Å². The number of rotatable bonds is 2. The highest BCUT2D eigenvalue weighted by Crippen LogP contribution is 2.21. The Labute approximate surface area is 131 Å². The second-order valence-corrected chi connectivity index (χ2v) is 5.42. The van der Waals surface area contributed by atoms with Crippen LogP contribution in [-0.4, -0.2) is 10.9 Å². The van der Waals surface area contributed by atoms with E-state index in [2.05, 4.69) is 10.3 Å². The highest BCUT2D eigenvalue weighted by atomic mass is 35.5. The van der Waals surface area contributed by atoms with Gasteiger partial charge in [-0.15, -0.1) is 0 Å². The number of carbonyl (C=O) groups is 1. The van der Waals surface area contributed by atoms with Crippen LogP contribution in [-0.2, 0) is 0 Å². The van der Waals surface area contributed by atoms with Crippen molar-refractivity contribution in [1.29, 1.82) is 0 Å². The summed E-state index contributed by atoms with van der Waals surface area (Å²) in [5.74, 6) is -0.292. The van der Waals surface area contributed by atoms with Crippen molar-refractivity contribution in [3.05, 3.63) is 75.0 Å². The highest BCUT2D eigenvalue weighted by Gasteiger charge is 2.10. The maximum absolute atomic E-state index is 12.2. The van der Waals surface area contributed by atoms with Crippen LogP contribution in [0.3, 0.4) is 0 Å². The smallest absolute Gasteiger partial charge is 0.257 e. The molecule has 0 aliphatic carbocycles. The van der Waals surface area contributed by atoms with Gasteiger partial charge in [-0.25, -0.2) is 0 Å². The SMILES string of the molecule is Cc1cc(=O)[nH]c2cc(NC(=O)c3ccccc3Cl)ccc12. The van der Waals surface area contributed by atoms with Gasteiger partial charge in [0.2, 0.25) is 5.56 Å². The van der Waals surface area contributed by atoms with E-state index in [0.29, 0.717) is 21.8 Å². The number of carbonyl (C=O) groups excluding carboxylic acids is 1. The van der Waals surface area contributed by atoms with Crippen molar-refractivity contribution in [2.24, 2.45) is 0 Å². The monoisotopic (exact) mass is 312 g/mol. The van der Waals surface area contributed by atoms with E-state index in [1.165, 1.54) is 0 Å². The molecule has 0 radical (unpaired) electrons. The maximum atomic E-state index is 12.2. The molecule has 2 N–H and O–H groups in total. The molecule has 0 unspecified atom stereocenters. The van der Waals surface area contributed by atoms with Crippen LogP contribution in [0.4, 0.5) is 5.69 Å². The van der Waals surface area contributed by atoms with Gasteiger partial charge in [-0.3, -0.25) is 9.59 Å². The molecule has 4 nitrogen and oxygen atoms in total. The Kier molecular flexibility index (Phi) is 3.69. The number of fused-ring (bicyclic) bond motifs is 1. The fourth-order valence-electron chi connectivity index (χ4n) is 2.36. The van der Waals surface area contributed by atoms with Gasteiger partial charge in [0.25, 0.3) is 5.91 Å². The first kappa shape index (κ1) is 14.4. The zero-order valence-corrected chi connectivity index (χ0v) is 12.6. The third kappa shape index (κ3) is 2.73. The largest absolute Gasteiger partial charge is 0.322 e. The van der Waals surface area contributed by atoms with Crippen LogP contribution >= 0.6 is 11.6 Å². The first-order chi connectivity index (χ1) is 10.5. The van der Waals surface area contributed by atoms with Crippen molar-refractivity contribution in [2.75, 3.05) is 5.32 Å². The Morgan fingerprint density at radius 3 is 2.68 bits per heavy atom. The van der Waals surface area contributed by atoms with Crippen LogP contribution in [0.5, 0.6) is 0 Å². The fraction of sp³-hybridized carbons (Fsp3) is 0.0588. The van der Waals surface area contributed by atoms with Gasteiger partial charge in [0.05, 0.1) is 16.1 Å².